The summed E-state index contributed by atoms with van der Waals surface area (Å²) in [6.07, 6.45) is 2.19. The summed E-state index contributed by atoms with van der Waals surface area (Å²) in [4.78, 5) is 37.2. The number of hydrogen-bond acceptors (Lipinski definition) is 7. The van der Waals surface area contributed by atoms with Gasteiger partial charge in [0.1, 0.15) is 15.6 Å². The van der Waals surface area contributed by atoms with E-state index in [9.17, 15) is 14.4 Å². The Hall–Kier alpha value is -2.68. The second kappa shape index (κ2) is 8.61. The number of nitrogens with zero attached hydrogens (tertiary/aromatic N) is 2. The number of amides is 1. The van der Waals surface area contributed by atoms with Crippen LogP contribution >= 0.6 is 11.3 Å². The summed E-state index contributed by atoms with van der Waals surface area (Å²) >= 11 is 0.983. The zero-order valence-corrected chi connectivity index (χ0v) is 15.9. The molecule has 0 saturated heterocycles. The Balaban J connectivity index is 2.40. The first-order valence-electron chi connectivity index (χ1n) is 8.16. The number of methoxy groups -OCH3 is 1. The van der Waals surface area contributed by atoms with Crippen molar-refractivity contribution in [3.05, 3.63) is 34.0 Å². The first-order valence-corrected chi connectivity index (χ1v) is 8.98. The number of carbonyl (C=O) groups excluding carboxylic acids is 3. The number of hydrogen-bond donors (Lipinski definition) is 1. The van der Waals surface area contributed by atoms with Crippen molar-refractivity contribution >= 4 is 34.2 Å². The van der Waals surface area contributed by atoms with Crippen molar-refractivity contribution < 1.29 is 23.9 Å². The second-order valence-corrected chi connectivity index (χ2v) is 6.39. The number of rotatable bonds is 7. The minimum atomic E-state index is -0.588. The maximum atomic E-state index is 12.6. The molecule has 0 aliphatic rings. The fourth-order valence-corrected chi connectivity index (χ4v) is 3.45. The van der Waals surface area contributed by atoms with Crippen LogP contribution in [0.4, 0.5) is 5.00 Å². The van der Waals surface area contributed by atoms with Gasteiger partial charge in [0.25, 0.3) is 5.91 Å². The first kappa shape index (κ1) is 19.6. The van der Waals surface area contributed by atoms with Crippen molar-refractivity contribution in [2.24, 2.45) is 0 Å². The van der Waals surface area contributed by atoms with Gasteiger partial charge < -0.3 is 14.8 Å². The van der Waals surface area contributed by atoms with E-state index in [1.165, 1.54) is 18.0 Å². The molecule has 140 valence electrons. The van der Waals surface area contributed by atoms with Gasteiger partial charge in [-0.25, -0.2) is 9.59 Å². The molecule has 0 bridgehead atoms. The molecule has 0 aliphatic carbocycles. The lowest BCUT2D eigenvalue weighted by Gasteiger charge is -2.08. The molecule has 26 heavy (non-hydrogen) atoms. The highest BCUT2D eigenvalue weighted by molar-refractivity contribution is 7.18. The van der Waals surface area contributed by atoms with Crippen LogP contribution in [-0.4, -0.2) is 41.3 Å². The minimum absolute atomic E-state index is 0.166. The van der Waals surface area contributed by atoms with Gasteiger partial charge in [-0.15, -0.1) is 11.3 Å². The van der Waals surface area contributed by atoms with E-state index in [0.717, 1.165) is 11.3 Å². The van der Waals surface area contributed by atoms with Gasteiger partial charge in [0.05, 0.1) is 19.3 Å². The van der Waals surface area contributed by atoms with Gasteiger partial charge in [0, 0.05) is 12.7 Å². The minimum Gasteiger partial charge on any atom is -0.465 e. The first-order chi connectivity index (χ1) is 12.4. The monoisotopic (exact) mass is 379 g/mol. The Morgan fingerprint density at radius 1 is 1.27 bits per heavy atom. The fourth-order valence-electron chi connectivity index (χ4n) is 2.35. The Bertz CT molecular complexity index is 824. The van der Waals surface area contributed by atoms with E-state index in [4.69, 9.17) is 9.47 Å². The third-order valence-electron chi connectivity index (χ3n) is 3.63. The Morgan fingerprint density at radius 2 is 2.00 bits per heavy atom. The Morgan fingerprint density at radius 3 is 2.62 bits per heavy atom. The van der Waals surface area contributed by atoms with E-state index >= 15 is 0 Å². The van der Waals surface area contributed by atoms with Crippen LogP contribution in [-0.2, 0) is 16.0 Å². The molecule has 1 N–H and O–H groups in total. The molecule has 0 spiro atoms. The molecule has 9 heteroatoms. The molecule has 0 fully saturated rings. The van der Waals surface area contributed by atoms with Crippen molar-refractivity contribution in [2.75, 3.05) is 19.0 Å². The smallest absolute Gasteiger partial charge is 0.348 e. The van der Waals surface area contributed by atoms with Crippen LogP contribution in [0.1, 0.15) is 56.3 Å². The molecule has 1 amide bonds. The molecule has 2 aromatic heterocycles. The van der Waals surface area contributed by atoms with Crippen molar-refractivity contribution in [3.63, 3.8) is 0 Å². The van der Waals surface area contributed by atoms with Gasteiger partial charge in [0.2, 0.25) is 0 Å². The number of aryl methyl sites for hydroxylation is 1. The molecule has 0 unspecified atom stereocenters. The number of aromatic nitrogens is 2. The van der Waals surface area contributed by atoms with E-state index < -0.39 is 17.8 Å². The third-order valence-corrected chi connectivity index (χ3v) is 4.82. The van der Waals surface area contributed by atoms with E-state index in [-0.39, 0.29) is 22.0 Å². The Labute approximate surface area is 155 Å². The summed E-state index contributed by atoms with van der Waals surface area (Å²) in [7, 11) is 1.26. The summed E-state index contributed by atoms with van der Waals surface area (Å²) in [5.41, 5.74) is 0.938. The second-order valence-electron chi connectivity index (χ2n) is 5.37. The summed E-state index contributed by atoms with van der Waals surface area (Å²) in [6.45, 7) is 6.14. The molecular weight excluding hydrogens is 358 g/mol. The van der Waals surface area contributed by atoms with Crippen molar-refractivity contribution in [1.82, 2.24) is 9.78 Å². The maximum absolute atomic E-state index is 12.6. The average molecular weight is 379 g/mol. The molecule has 8 nitrogen and oxygen atoms in total. The number of anilines is 1. The van der Waals surface area contributed by atoms with Crippen LogP contribution in [0.25, 0.3) is 0 Å². The van der Waals surface area contributed by atoms with E-state index in [0.29, 0.717) is 24.2 Å². The zero-order chi connectivity index (χ0) is 19.3. The summed E-state index contributed by atoms with van der Waals surface area (Å²) in [5.74, 6) is -1.59. The Kier molecular flexibility index (Phi) is 6.51. The van der Waals surface area contributed by atoms with Crippen molar-refractivity contribution in [3.8, 4) is 0 Å². The van der Waals surface area contributed by atoms with Crippen LogP contribution in [0, 0.1) is 6.92 Å². The fraction of sp³-hybridized carbons (Fsp3) is 0.412. The highest BCUT2D eigenvalue weighted by Gasteiger charge is 2.27. The standard InChI is InChI=1S/C17H21N3O5S/c1-5-9-25-16(22)12-10(3)13(17(23)24-4)26-15(12)19-14(21)11-7-8-18-20(11)6-2/h7-8H,5-6,9H2,1-4H3,(H,19,21). The largest absolute Gasteiger partial charge is 0.465 e. The molecular formula is C17H21N3O5S. The van der Waals surface area contributed by atoms with Crippen molar-refractivity contribution in [1.29, 1.82) is 0 Å². The summed E-state index contributed by atoms with van der Waals surface area (Å²) in [6, 6.07) is 1.58. The molecule has 0 radical (unpaired) electrons. The summed E-state index contributed by atoms with van der Waals surface area (Å²) in [5, 5.41) is 7.00. The SMILES string of the molecule is CCCOC(=O)c1c(NC(=O)c2ccnn2CC)sc(C(=O)OC)c1C. The van der Waals surface area contributed by atoms with Crippen LogP contribution in [0.3, 0.4) is 0 Å². The van der Waals surface area contributed by atoms with Gasteiger partial charge in [-0.05, 0) is 31.9 Å². The quantitative estimate of drug-likeness (QED) is 0.743. The number of nitrogens with one attached hydrogen (secondary N) is 1. The molecule has 0 atom stereocenters. The average Bonchev–Trinajstić information content (AvgIpc) is 3.23. The summed E-state index contributed by atoms with van der Waals surface area (Å²) < 4.78 is 11.5. The zero-order valence-electron chi connectivity index (χ0n) is 15.1. The van der Waals surface area contributed by atoms with Gasteiger partial charge in [-0.2, -0.15) is 5.10 Å². The lowest BCUT2D eigenvalue weighted by Crippen LogP contribution is -2.18. The van der Waals surface area contributed by atoms with Gasteiger partial charge >= 0.3 is 11.9 Å². The highest BCUT2D eigenvalue weighted by Crippen LogP contribution is 2.34. The lowest BCUT2D eigenvalue weighted by atomic mass is 10.1. The van der Waals surface area contributed by atoms with Crippen LogP contribution in [0.2, 0.25) is 0 Å². The predicted octanol–water partition coefficient (Wildman–Crippen LogP) is 2.88. The topological polar surface area (TPSA) is 99.5 Å². The maximum Gasteiger partial charge on any atom is 0.348 e. The van der Waals surface area contributed by atoms with Crippen LogP contribution in [0.15, 0.2) is 12.3 Å². The van der Waals surface area contributed by atoms with E-state index in [1.807, 2.05) is 13.8 Å². The van der Waals surface area contributed by atoms with Gasteiger partial charge in [-0.3, -0.25) is 9.48 Å². The molecule has 0 aromatic carbocycles. The van der Waals surface area contributed by atoms with Gasteiger partial charge in [0.15, 0.2) is 0 Å². The highest BCUT2D eigenvalue weighted by atomic mass is 32.1. The molecule has 0 saturated carbocycles. The van der Waals surface area contributed by atoms with E-state index in [2.05, 4.69) is 10.4 Å². The number of thiophene rings is 1. The predicted molar refractivity (Wildman–Crippen MR) is 96.8 cm³/mol. The number of esters is 2. The normalized spacial score (nSPS) is 10.5. The third kappa shape index (κ3) is 3.93. The molecule has 2 rings (SSSR count). The number of carbonyl (C=O) groups is 3. The van der Waals surface area contributed by atoms with E-state index in [1.54, 1.807) is 13.0 Å². The van der Waals surface area contributed by atoms with Crippen LogP contribution in [0.5, 0.6) is 0 Å². The van der Waals surface area contributed by atoms with Crippen LogP contribution < -0.4 is 5.32 Å². The molecule has 0 aliphatic heterocycles. The van der Waals surface area contributed by atoms with Crippen molar-refractivity contribution in [2.45, 2.75) is 33.7 Å². The van der Waals surface area contributed by atoms with Gasteiger partial charge in [-0.1, -0.05) is 6.92 Å². The number of ether oxygens (including phenoxy) is 2. The molecule has 2 heterocycles. The molecule has 2 aromatic rings. The lowest BCUT2D eigenvalue weighted by molar-refractivity contribution is 0.0506.